The van der Waals surface area contributed by atoms with Gasteiger partial charge < -0.3 is 24.1 Å². The van der Waals surface area contributed by atoms with Crippen molar-refractivity contribution in [2.45, 2.75) is 56.7 Å². The summed E-state index contributed by atoms with van der Waals surface area (Å²) >= 11 is 0. The molecule has 10 nitrogen and oxygen atoms in total. The van der Waals surface area contributed by atoms with E-state index in [0.29, 0.717) is 18.0 Å². The molecule has 0 saturated heterocycles. The average Bonchev–Trinajstić information content (AvgIpc) is 3.64. The maximum atomic E-state index is 13.2. The summed E-state index contributed by atoms with van der Waals surface area (Å²) in [5, 5.41) is 20.6. The molecule has 0 bridgehead atoms. The van der Waals surface area contributed by atoms with E-state index in [9.17, 15) is 9.90 Å². The van der Waals surface area contributed by atoms with Crippen LogP contribution in [0, 0.1) is 5.92 Å². The van der Waals surface area contributed by atoms with Crippen LogP contribution in [0.4, 0.5) is 11.4 Å². The zero-order valence-corrected chi connectivity index (χ0v) is 31.3. The number of nitrogens with zero attached hydrogens (tertiary/aromatic N) is 4. The minimum atomic E-state index is -2.26. The largest absolute Gasteiger partial charge is 0.497 e. The number of benzene rings is 4. The van der Waals surface area contributed by atoms with Gasteiger partial charge in [-0.3, -0.25) is 14.4 Å². The molecule has 3 heterocycles. The van der Waals surface area contributed by atoms with E-state index in [2.05, 4.69) is 42.5 Å². The van der Waals surface area contributed by atoms with Gasteiger partial charge in [0.25, 0.3) is 5.91 Å². The van der Waals surface area contributed by atoms with Crippen LogP contribution in [0.25, 0.3) is 0 Å². The summed E-state index contributed by atoms with van der Waals surface area (Å²) in [5.74, 6) is 1.86. The molecule has 5 atom stereocenters. The molecule has 4 aromatic carbocycles. The molecule has 0 spiro atoms. The van der Waals surface area contributed by atoms with Crippen LogP contribution in [-0.2, 0) is 16.1 Å². The van der Waals surface area contributed by atoms with Crippen LogP contribution in [0.2, 0.25) is 18.6 Å². The first-order chi connectivity index (χ1) is 25.2. The van der Waals surface area contributed by atoms with E-state index in [0.717, 1.165) is 40.4 Å². The summed E-state index contributed by atoms with van der Waals surface area (Å²) in [6.07, 6.45) is 2.31. The van der Waals surface area contributed by atoms with E-state index in [1.165, 1.54) is 5.19 Å². The maximum Gasteiger partial charge on any atom is 0.269 e. The van der Waals surface area contributed by atoms with Gasteiger partial charge in [-0.05, 0) is 60.0 Å². The SMILES string of the molecule is COc1ccc([Si](C)(C)C(CCn2cc(C(CO)c3ccccc3)nn2)[C@H]2Oc3ccc(N4C(=O)COc5ccccc54)cc3[C@@H](OC)[C@@H]2C)cc1. The number of aliphatic hydroxyl groups excluding tert-OH is 1. The number of rotatable bonds is 12. The number of ether oxygens (including phenoxy) is 4. The maximum absolute atomic E-state index is 13.2. The normalized spacial score (nSPS) is 19.5. The van der Waals surface area contributed by atoms with Crippen molar-refractivity contribution in [2.24, 2.45) is 5.92 Å². The van der Waals surface area contributed by atoms with Crippen molar-refractivity contribution < 1.29 is 28.8 Å². The van der Waals surface area contributed by atoms with Gasteiger partial charge in [0.1, 0.15) is 23.4 Å². The van der Waals surface area contributed by atoms with Gasteiger partial charge in [0.15, 0.2) is 6.61 Å². The van der Waals surface area contributed by atoms with Crippen LogP contribution in [0.1, 0.15) is 42.2 Å². The summed E-state index contributed by atoms with van der Waals surface area (Å²) in [5.41, 5.74) is 4.27. The first kappa shape index (κ1) is 35.4. The topological polar surface area (TPSA) is 108 Å². The van der Waals surface area contributed by atoms with Crippen LogP contribution in [0.5, 0.6) is 17.2 Å². The van der Waals surface area contributed by atoms with Gasteiger partial charge in [-0.2, -0.15) is 0 Å². The second-order valence-corrected chi connectivity index (χ2v) is 19.0. The molecule has 1 aromatic heterocycles. The Kier molecular flexibility index (Phi) is 10.2. The number of aromatic nitrogens is 3. The fourth-order valence-corrected chi connectivity index (χ4v) is 11.5. The number of fused-ring (bicyclic) bond motifs is 2. The molecule has 0 saturated carbocycles. The molecular weight excluding hydrogens is 673 g/mol. The van der Waals surface area contributed by atoms with Crippen LogP contribution >= 0.6 is 0 Å². The van der Waals surface area contributed by atoms with E-state index >= 15 is 0 Å². The Hall–Kier alpha value is -4.97. The van der Waals surface area contributed by atoms with E-state index in [1.807, 2.05) is 95.8 Å². The van der Waals surface area contributed by atoms with Crippen molar-refractivity contribution in [3.05, 3.63) is 120 Å². The Morgan fingerprint density at radius 3 is 2.44 bits per heavy atom. The third-order valence-electron chi connectivity index (χ3n) is 10.9. The first-order valence-electron chi connectivity index (χ1n) is 17.8. The number of aryl methyl sites for hydroxylation is 1. The highest BCUT2D eigenvalue weighted by Crippen LogP contribution is 2.49. The molecule has 2 aliphatic heterocycles. The molecule has 0 fully saturated rings. The molecule has 11 heteroatoms. The van der Waals surface area contributed by atoms with Gasteiger partial charge in [0.2, 0.25) is 0 Å². The van der Waals surface area contributed by atoms with Crippen molar-refractivity contribution in [3.8, 4) is 17.2 Å². The van der Waals surface area contributed by atoms with Crippen LogP contribution < -0.4 is 24.3 Å². The number of hydrogen-bond donors (Lipinski definition) is 1. The molecular formula is C41H46N4O6Si. The monoisotopic (exact) mass is 718 g/mol. The smallest absolute Gasteiger partial charge is 0.269 e. The number of hydrogen-bond acceptors (Lipinski definition) is 8. The molecule has 0 aliphatic carbocycles. The Labute approximate surface area is 305 Å². The number of amides is 1. The molecule has 0 radical (unpaired) electrons. The number of aliphatic hydroxyl groups is 1. The fraction of sp³-hybridized carbons (Fsp3) is 0.341. The number of carbonyl (C=O) groups excluding carboxylic acids is 1. The molecule has 2 aliphatic rings. The highest BCUT2D eigenvalue weighted by Gasteiger charge is 2.47. The van der Waals surface area contributed by atoms with Gasteiger partial charge in [0, 0.05) is 37.0 Å². The second kappa shape index (κ2) is 14.9. The number of methoxy groups -OCH3 is 2. The lowest BCUT2D eigenvalue weighted by atomic mass is 9.86. The van der Waals surface area contributed by atoms with E-state index in [4.69, 9.17) is 18.9 Å². The fourth-order valence-electron chi connectivity index (χ4n) is 7.97. The quantitative estimate of drug-likeness (QED) is 0.143. The van der Waals surface area contributed by atoms with Crippen LogP contribution in [-0.4, -0.2) is 67.6 Å². The second-order valence-electron chi connectivity index (χ2n) is 14.2. The number of anilines is 2. The number of carbonyl (C=O) groups is 1. The van der Waals surface area contributed by atoms with Gasteiger partial charge in [-0.15, -0.1) is 5.10 Å². The van der Waals surface area contributed by atoms with Crippen molar-refractivity contribution >= 4 is 30.5 Å². The first-order valence-corrected chi connectivity index (χ1v) is 20.9. The summed E-state index contributed by atoms with van der Waals surface area (Å²) < 4.78 is 26.4. The Bertz CT molecular complexity index is 2000. The molecule has 5 aromatic rings. The highest BCUT2D eigenvalue weighted by atomic mass is 28.3. The molecule has 7 rings (SSSR count). The highest BCUT2D eigenvalue weighted by molar-refractivity contribution is 6.91. The average molecular weight is 719 g/mol. The minimum Gasteiger partial charge on any atom is -0.497 e. The lowest BCUT2D eigenvalue weighted by molar-refractivity contribution is -0.120. The summed E-state index contributed by atoms with van der Waals surface area (Å²) in [4.78, 5) is 14.9. The van der Waals surface area contributed by atoms with E-state index in [1.54, 1.807) is 19.1 Å². The van der Waals surface area contributed by atoms with E-state index in [-0.39, 0.29) is 48.7 Å². The van der Waals surface area contributed by atoms with Gasteiger partial charge in [-0.25, -0.2) is 0 Å². The van der Waals surface area contributed by atoms with Gasteiger partial charge >= 0.3 is 0 Å². The Balaban J connectivity index is 1.21. The van der Waals surface area contributed by atoms with Crippen molar-refractivity contribution in [1.29, 1.82) is 0 Å². The third kappa shape index (κ3) is 6.71. The Morgan fingerprint density at radius 1 is 0.962 bits per heavy atom. The van der Waals surface area contributed by atoms with Crippen molar-refractivity contribution in [1.82, 2.24) is 15.0 Å². The van der Waals surface area contributed by atoms with Gasteiger partial charge in [-0.1, -0.05) is 85.0 Å². The third-order valence-corrected chi connectivity index (χ3v) is 15.2. The lowest BCUT2D eigenvalue weighted by Gasteiger charge is -2.46. The zero-order valence-electron chi connectivity index (χ0n) is 30.3. The van der Waals surface area contributed by atoms with E-state index < -0.39 is 8.07 Å². The summed E-state index contributed by atoms with van der Waals surface area (Å²) in [6.45, 7) is 7.56. The van der Waals surface area contributed by atoms with Crippen molar-refractivity contribution in [3.63, 3.8) is 0 Å². The lowest BCUT2D eigenvalue weighted by Crippen LogP contribution is -2.54. The zero-order chi connectivity index (χ0) is 36.4. The molecule has 1 N–H and O–H groups in total. The predicted octanol–water partition coefficient (Wildman–Crippen LogP) is 6.63. The Morgan fingerprint density at radius 2 is 1.71 bits per heavy atom. The minimum absolute atomic E-state index is 0.0152. The van der Waals surface area contributed by atoms with Crippen LogP contribution in [0.15, 0.2) is 103 Å². The number of para-hydroxylation sites is 2. The molecule has 270 valence electrons. The van der Waals surface area contributed by atoms with Gasteiger partial charge in [0.05, 0.1) is 45.2 Å². The molecule has 2 unspecified atom stereocenters. The predicted molar refractivity (Wildman–Crippen MR) is 203 cm³/mol. The summed E-state index contributed by atoms with van der Waals surface area (Å²) in [7, 11) is 1.18. The van der Waals surface area contributed by atoms with Crippen LogP contribution in [0.3, 0.4) is 0 Å². The summed E-state index contributed by atoms with van der Waals surface area (Å²) in [6, 6.07) is 31.9. The van der Waals surface area contributed by atoms with Crippen molar-refractivity contribution in [2.75, 3.05) is 32.3 Å². The standard InChI is InChI=1S/C41H46N4O6Si/c1-27-40(49-3)32-23-29(45-35-13-9-10-14-37(35)50-26-39(45)47)15-20-36(32)51-41(27)38(52(4,5)31-18-16-30(48-2)17-19-31)21-22-44-24-34(42-43-44)33(25-46)28-11-7-6-8-12-28/h6-20,23-24,27,33,38,40-41,46H,21-22,25-26H2,1-5H3/t27-,33?,38?,40-,41-/m0/s1. The molecule has 1 amide bonds. The molecule has 52 heavy (non-hydrogen) atoms.